The van der Waals surface area contributed by atoms with Crippen molar-refractivity contribution >= 4 is 33.4 Å². The average molecular weight is 458 g/mol. The van der Waals surface area contributed by atoms with Gasteiger partial charge in [-0.05, 0) is 56.5 Å². The number of carbonyl (C=O) groups is 2. The van der Waals surface area contributed by atoms with Crippen LogP contribution in [0.25, 0.3) is 0 Å². The van der Waals surface area contributed by atoms with Gasteiger partial charge in [0.05, 0.1) is 17.8 Å². The fourth-order valence-electron chi connectivity index (χ4n) is 3.36. The van der Waals surface area contributed by atoms with Gasteiger partial charge < -0.3 is 10.6 Å². The highest BCUT2D eigenvalue weighted by atomic mass is 79.9. The van der Waals surface area contributed by atoms with Gasteiger partial charge in [0.15, 0.2) is 0 Å². The molecule has 3 rings (SSSR count). The van der Waals surface area contributed by atoms with Crippen LogP contribution in [0.2, 0.25) is 0 Å². The van der Waals surface area contributed by atoms with E-state index in [0.717, 1.165) is 35.8 Å². The van der Waals surface area contributed by atoms with E-state index < -0.39 is 0 Å². The number of rotatable bonds is 9. The number of nitrogens with zero attached hydrogens (tertiary/aromatic N) is 1. The standard InChI is InChI=1S/C23H28BrN3O2/c1-3-14-27(16(2)18-8-4-6-10-20(18)24)15-22(28)26-21-11-7-5-9-19(21)23(29)25-17-12-13-17/h4-11,16-17H,3,12-15H2,1-2H3,(H,25,29)(H,26,28). The number of carbonyl (C=O) groups excluding carboxylic acids is 2. The van der Waals surface area contributed by atoms with Gasteiger partial charge in [-0.15, -0.1) is 0 Å². The summed E-state index contributed by atoms with van der Waals surface area (Å²) in [7, 11) is 0. The van der Waals surface area contributed by atoms with Crippen molar-refractivity contribution in [3.8, 4) is 0 Å². The molecule has 0 spiro atoms. The van der Waals surface area contributed by atoms with Crippen molar-refractivity contribution in [1.29, 1.82) is 0 Å². The van der Waals surface area contributed by atoms with Crippen molar-refractivity contribution in [3.05, 3.63) is 64.1 Å². The maximum Gasteiger partial charge on any atom is 0.253 e. The molecule has 2 aromatic carbocycles. The second-order valence-electron chi connectivity index (χ2n) is 7.51. The molecule has 1 aliphatic rings. The van der Waals surface area contributed by atoms with Crippen LogP contribution in [0, 0.1) is 0 Å². The van der Waals surface area contributed by atoms with Crippen molar-refractivity contribution in [2.24, 2.45) is 0 Å². The van der Waals surface area contributed by atoms with Gasteiger partial charge in [0.25, 0.3) is 5.91 Å². The summed E-state index contributed by atoms with van der Waals surface area (Å²) in [5.74, 6) is -0.251. The Morgan fingerprint density at radius 2 is 1.83 bits per heavy atom. The molecule has 6 heteroatoms. The van der Waals surface area contributed by atoms with Crippen molar-refractivity contribution in [3.63, 3.8) is 0 Å². The molecule has 1 unspecified atom stereocenters. The van der Waals surface area contributed by atoms with Crippen LogP contribution >= 0.6 is 15.9 Å². The van der Waals surface area contributed by atoms with Gasteiger partial charge in [0, 0.05) is 16.6 Å². The maximum atomic E-state index is 12.8. The van der Waals surface area contributed by atoms with Crippen molar-refractivity contribution < 1.29 is 9.59 Å². The molecule has 1 saturated carbocycles. The predicted molar refractivity (Wildman–Crippen MR) is 120 cm³/mol. The summed E-state index contributed by atoms with van der Waals surface area (Å²) < 4.78 is 1.04. The number of anilines is 1. The highest BCUT2D eigenvalue weighted by Crippen LogP contribution is 2.28. The minimum absolute atomic E-state index is 0.0877. The minimum atomic E-state index is -0.129. The number of hydrogen-bond acceptors (Lipinski definition) is 3. The van der Waals surface area contributed by atoms with E-state index in [0.29, 0.717) is 11.3 Å². The van der Waals surface area contributed by atoms with Crippen LogP contribution in [-0.2, 0) is 4.79 Å². The Balaban J connectivity index is 1.69. The van der Waals surface area contributed by atoms with Crippen molar-refractivity contribution in [1.82, 2.24) is 10.2 Å². The summed E-state index contributed by atoms with van der Waals surface area (Å²) in [5, 5.41) is 5.93. The molecule has 1 atom stereocenters. The highest BCUT2D eigenvalue weighted by molar-refractivity contribution is 9.10. The third-order valence-electron chi connectivity index (χ3n) is 5.12. The van der Waals surface area contributed by atoms with E-state index >= 15 is 0 Å². The molecular formula is C23H28BrN3O2. The third kappa shape index (κ3) is 5.90. The third-order valence-corrected chi connectivity index (χ3v) is 5.84. The second-order valence-corrected chi connectivity index (χ2v) is 8.36. The van der Waals surface area contributed by atoms with Crippen LogP contribution in [0.15, 0.2) is 53.0 Å². The fourth-order valence-corrected chi connectivity index (χ4v) is 3.98. The first-order valence-corrected chi connectivity index (χ1v) is 11.0. The van der Waals surface area contributed by atoms with E-state index in [-0.39, 0.29) is 30.4 Å². The molecule has 2 aromatic rings. The molecule has 0 aliphatic heterocycles. The highest BCUT2D eigenvalue weighted by Gasteiger charge is 2.25. The SMILES string of the molecule is CCCN(CC(=O)Nc1ccccc1C(=O)NC1CC1)C(C)c1ccccc1Br. The van der Waals surface area contributed by atoms with Gasteiger partial charge in [-0.3, -0.25) is 14.5 Å². The van der Waals surface area contributed by atoms with Crippen LogP contribution in [-0.4, -0.2) is 35.8 Å². The number of para-hydroxylation sites is 1. The van der Waals surface area contributed by atoms with Crippen LogP contribution in [0.4, 0.5) is 5.69 Å². The Morgan fingerprint density at radius 1 is 1.14 bits per heavy atom. The van der Waals surface area contributed by atoms with Crippen LogP contribution in [0.3, 0.4) is 0 Å². The second kappa shape index (κ2) is 10.0. The Labute approximate surface area is 181 Å². The molecule has 0 aromatic heterocycles. The molecule has 0 heterocycles. The smallest absolute Gasteiger partial charge is 0.253 e. The number of halogens is 1. The zero-order chi connectivity index (χ0) is 20.8. The van der Waals surface area contributed by atoms with Crippen molar-refractivity contribution in [2.75, 3.05) is 18.4 Å². The summed E-state index contributed by atoms with van der Waals surface area (Å²) in [6.07, 6.45) is 3.00. The minimum Gasteiger partial charge on any atom is -0.349 e. The lowest BCUT2D eigenvalue weighted by Crippen LogP contribution is -2.36. The van der Waals surface area contributed by atoms with Gasteiger partial charge in [-0.2, -0.15) is 0 Å². The predicted octanol–water partition coefficient (Wildman–Crippen LogP) is 4.75. The van der Waals surface area contributed by atoms with E-state index in [9.17, 15) is 9.59 Å². The summed E-state index contributed by atoms with van der Waals surface area (Å²) in [6.45, 7) is 5.28. The Kier molecular flexibility index (Phi) is 7.45. The summed E-state index contributed by atoms with van der Waals surface area (Å²) in [6, 6.07) is 15.6. The molecule has 154 valence electrons. The average Bonchev–Trinajstić information content (AvgIpc) is 3.52. The topological polar surface area (TPSA) is 61.4 Å². The van der Waals surface area contributed by atoms with Crippen LogP contribution in [0.1, 0.15) is 55.1 Å². The van der Waals surface area contributed by atoms with Crippen molar-refractivity contribution in [2.45, 2.75) is 45.2 Å². The van der Waals surface area contributed by atoms with E-state index in [1.807, 2.05) is 30.3 Å². The normalized spacial score (nSPS) is 14.5. The molecular weight excluding hydrogens is 430 g/mol. The first-order valence-electron chi connectivity index (χ1n) is 10.2. The Morgan fingerprint density at radius 3 is 2.52 bits per heavy atom. The monoisotopic (exact) mass is 457 g/mol. The summed E-state index contributed by atoms with van der Waals surface area (Å²) in [5.41, 5.74) is 2.22. The number of amides is 2. The lowest BCUT2D eigenvalue weighted by molar-refractivity contribution is -0.117. The molecule has 0 radical (unpaired) electrons. The Bertz CT molecular complexity index is 867. The molecule has 5 nitrogen and oxygen atoms in total. The van der Waals surface area contributed by atoms with E-state index in [1.54, 1.807) is 12.1 Å². The van der Waals surface area contributed by atoms with Gasteiger partial charge in [0.1, 0.15) is 0 Å². The van der Waals surface area contributed by atoms with E-state index in [2.05, 4.69) is 51.4 Å². The zero-order valence-corrected chi connectivity index (χ0v) is 18.5. The van der Waals surface area contributed by atoms with Gasteiger partial charge in [-0.1, -0.05) is 53.2 Å². The molecule has 0 saturated heterocycles. The molecule has 1 aliphatic carbocycles. The Hall–Kier alpha value is -2.18. The van der Waals surface area contributed by atoms with E-state index in [1.165, 1.54) is 0 Å². The van der Waals surface area contributed by atoms with E-state index in [4.69, 9.17) is 0 Å². The quantitative estimate of drug-likeness (QED) is 0.570. The van der Waals surface area contributed by atoms with Crippen LogP contribution < -0.4 is 10.6 Å². The first-order chi connectivity index (χ1) is 14.0. The largest absolute Gasteiger partial charge is 0.349 e. The summed E-state index contributed by atoms with van der Waals surface area (Å²) >= 11 is 3.61. The molecule has 2 N–H and O–H groups in total. The number of hydrogen-bond donors (Lipinski definition) is 2. The van der Waals surface area contributed by atoms with Gasteiger partial charge in [0.2, 0.25) is 5.91 Å². The molecule has 29 heavy (non-hydrogen) atoms. The first kappa shape index (κ1) is 21.5. The fraction of sp³-hybridized carbons (Fsp3) is 0.391. The lowest BCUT2D eigenvalue weighted by Gasteiger charge is -2.29. The number of benzene rings is 2. The van der Waals surface area contributed by atoms with Gasteiger partial charge >= 0.3 is 0 Å². The molecule has 0 bridgehead atoms. The molecule has 1 fully saturated rings. The summed E-state index contributed by atoms with van der Waals surface area (Å²) in [4.78, 5) is 27.5. The number of nitrogens with one attached hydrogen (secondary N) is 2. The maximum absolute atomic E-state index is 12.8. The lowest BCUT2D eigenvalue weighted by atomic mass is 10.1. The van der Waals surface area contributed by atoms with Gasteiger partial charge in [-0.25, -0.2) is 0 Å². The van der Waals surface area contributed by atoms with Crippen LogP contribution in [0.5, 0.6) is 0 Å². The zero-order valence-electron chi connectivity index (χ0n) is 17.0. The molecule has 2 amide bonds.